The molecular weight excluding hydrogens is 486 g/mol. The molecule has 176 valence electrons. The van der Waals surface area contributed by atoms with Crippen LogP contribution in [-0.2, 0) is 21.4 Å². The molecule has 0 aliphatic carbocycles. The maximum Gasteiger partial charge on any atom is 0.303 e. The third kappa shape index (κ3) is 8.46. The zero-order chi connectivity index (χ0) is 24.8. The van der Waals surface area contributed by atoms with Crippen molar-refractivity contribution in [2.45, 2.75) is 51.4 Å². The zero-order valence-electron chi connectivity index (χ0n) is 19.1. The van der Waals surface area contributed by atoms with E-state index in [0.29, 0.717) is 5.56 Å². The number of rotatable bonds is 10. The fourth-order valence-electron chi connectivity index (χ4n) is 3.47. The summed E-state index contributed by atoms with van der Waals surface area (Å²) in [6.07, 6.45) is 0.0456. The largest absolute Gasteiger partial charge is 0.481 e. The molecule has 0 aliphatic heterocycles. The molecule has 2 aromatic carbocycles. The Morgan fingerprint density at radius 2 is 1.82 bits per heavy atom. The summed E-state index contributed by atoms with van der Waals surface area (Å²) < 4.78 is 0.825. The monoisotopic (exact) mass is 515 g/mol. The summed E-state index contributed by atoms with van der Waals surface area (Å²) in [5, 5.41) is 19.4. The van der Waals surface area contributed by atoms with Crippen LogP contribution in [-0.4, -0.2) is 35.1 Å². The second kappa shape index (κ2) is 11.2. The Kier molecular flexibility index (Phi) is 8.93. The molecule has 33 heavy (non-hydrogen) atoms. The number of benzene rings is 2. The van der Waals surface area contributed by atoms with Gasteiger partial charge in [0, 0.05) is 28.8 Å². The second-order valence-corrected chi connectivity index (χ2v) is 10.1. The molecule has 0 fully saturated rings. The van der Waals surface area contributed by atoms with E-state index in [9.17, 15) is 19.5 Å². The second-order valence-electron chi connectivity index (χ2n) is 9.15. The third-order valence-electron chi connectivity index (χ3n) is 5.18. The van der Waals surface area contributed by atoms with Gasteiger partial charge in [-0.1, -0.05) is 54.9 Å². The van der Waals surface area contributed by atoms with Crippen molar-refractivity contribution in [1.29, 1.82) is 5.41 Å². The number of hydrogen-bond donors (Lipinski definition) is 4. The number of nitrogens with one attached hydrogen (secondary N) is 2. The first-order chi connectivity index (χ1) is 15.3. The van der Waals surface area contributed by atoms with Crippen molar-refractivity contribution in [1.82, 2.24) is 5.32 Å². The number of carboxylic acids is 1. The first-order valence-corrected chi connectivity index (χ1v) is 11.4. The fraction of sp³-hybridized carbons (Fsp3) is 0.360. The van der Waals surface area contributed by atoms with Crippen LogP contribution >= 0.6 is 15.9 Å². The zero-order valence-corrected chi connectivity index (χ0v) is 20.7. The van der Waals surface area contributed by atoms with Gasteiger partial charge in [-0.05, 0) is 46.4 Å². The molecule has 0 saturated heterocycles. The standard InChI is InChI=1S/C25H30BrN3O4/c1-25(2,3)19-9-17(10-20(26)13-19)18(12-23(31)32)11-21(30)14-29-24(33)16-6-4-5-15(7-16)8-22(27)28/h4-7,9-10,13,18H,8,11-12,14H2,1-3H3,(H3,27,28)(H,29,33)(H,31,32)/t18-/m0/s1. The maximum absolute atomic E-state index is 12.7. The number of ketones is 1. The van der Waals surface area contributed by atoms with Gasteiger partial charge in [0.1, 0.15) is 0 Å². The number of nitrogens with two attached hydrogens (primary N) is 1. The Hall–Kier alpha value is -3.00. The van der Waals surface area contributed by atoms with Gasteiger partial charge in [0.15, 0.2) is 5.78 Å². The first kappa shape index (κ1) is 26.3. The van der Waals surface area contributed by atoms with Crippen LogP contribution in [0.1, 0.15) is 66.6 Å². The molecule has 1 atom stereocenters. The van der Waals surface area contributed by atoms with Crippen LogP contribution in [0.25, 0.3) is 0 Å². The van der Waals surface area contributed by atoms with Crippen molar-refractivity contribution in [2.24, 2.45) is 5.73 Å². The molecule has 0 heterocycles. The van der Waals surface area contributed by atoms with Crippen LogP contribution in [0.3, 0.4) is 0 Å². The van der Waals surface area contributed by atoms with Gasteiger partial charge in [0.05, 0.1) is 18.8 Å². The predicted molar refractivity (Wildman–Crippen MR) is 132 cm³/mol. The molecule has 0 aliphatic rings. The van der Waals surface area contributed by atoms with E-state index in [1.807, 2.05) is 18.2 Å². The van der Waals surface area contributed by atoms with E-state index < -0.39 is 17.8 Å². The quantitative estimate of drug-likeness (QED) is 0.278. The molecule has 1 amide bonds. The van der Waals surface area contributed by atoms with Gasteiger partial charge in [-0.3, -0.25) is 19.8 Å². The first-order valence-electron chi connectivity index (χ1n) is 10.6. The molecule has 7 nitrogen and oxygen atoms in total. The molecule has 0 aromatic heterocycles. The van der Waals surface area contributed by atoms with Crippen molar-refractivity contribution in [2.75, 3.05) is 6.54 Å². The minimum Gasteiger partial charge on any atom is -0.481 e. The number of amides is 1. The van der Waals surface area contributed by atoms with Crippen LogP contribution in [0.4, 0.5) is 0 Å². The summed E-state index contributed by atoms with van der Waals surface area (Å²) >= 11 is 3.49. The van der Waals surface area contributed by atoms with Gasteiger partial charge >= 0.3 is 5.97 Å². The number of amidine groups is 1. The van der Waals surface area contributed by atoms with Crippen molar-refractivity contribution in [3.8, 4) is 0 Å². The van der Waals surface area contributed by atoms with E-state index in [1.54, 1.807) is 24.3 Å². The highest BCUT2D eigenvalue weighted by Gasteiger charge is 2.23. The number of halogens is 1. The van der Waals surface area contributed by atoms with E-state index in [1.165, 1.54) is 0 Å². The number of carbonyl (C=O) groups excluding carboxylic acids is 2. The lowest BCUT2D eigenvalue weighted by Gasteiger charge is -2.23. The van der Waals surface area contributed by atoms with E-state index >= 15 is 0 Å². The molecule has 5 N–H and O–H groups in total. The lowest BCUT2D eigenvalue weighted by Crippen LogP contribution is -2.30. The summed E-state index contributed by atoms with van der Waals surface area (Å²) in [7, 11) is 0. The smallest absolute Gasteiger partial charge is 0.303 e. The van der Waals surface area contributed by atoms with Gasteiger partial charge in [-0.15, -0.1) is 0 Å². The molecular formula is C25H30BrN3O4. The molecule has 0 unspecified atom stereocenters. The van der Waals surface area contributed by atoms with Crippen molar-refractivity contribution < 1.29 is 19.5 Å². The Labute approximate surface area is 202 Å². The molecule has 2 aromatic rings. The van der Waals surface area contributed by atoms with Gasteiger partial charge in [0.25, 0.3) is 5.91 Å². The van der Waals surface area contributed by atoms with E-state index in [0.717, 1.165) is 21.2 Å². The summed E-state index contributed by atoms with van der Waals surface area (Å²) in [4.78, 5) is 36.6. The van der Waals surface area contributed by atoms with Gasteiger partial charge in [-0.25, -0.2) is 0 Å². The van der Waals surface area contributed by atoms with Gasteiger partial charge in [0.2, 0.25) is 0 Å². The number of aliphatic carboxylic acids is 1. The van der Waals surface area contributed by atoms with E-state index in [2.05, 4.69) is 42.0 Å². The van der Waals surface area contributed by atoms with E-state index in [4.69, 9.17) is 11.1 Å². The Bertz CT molecular complexity index is 1060. The summed E-state index contributed by atoms with van der Waals surface area (Å²) in [5.41, 5.74) is 8.18. The summed E-state index contributed by atoms with van der Waals surface area (Å²) in [5.74, 6) is -2.18. The van der Waals surface area contributed by atoms with Crippen LogP contribution in [0.2, 0.25) is 0 Å². The molecule has 0 saturated carbocycles. The fourth-order valence-corrected chi connectivity index (χ4v) is 3.98. The highest BCUT2D eigenvalue weighted by molar-refractivity contribution is 9.10. The average molecular weight is 516 g/mol. The molecule has 2 rings (SSSR count). The maximum atomic E-state index is 12.7. The Morgan fingerprint density at radius 1 is 1.12 bits per heavy atom. The van der Waals surface area contributed by atoms with Gasteiger partial charge in [-0.2, -0.15) is 0 Å². The molecule has 8 heteroatoms. The predicted octanol–water partition coefficient (Wildman–Crippen LogP) is 4.17. The van der Waals surface area contributed by atoms with Crippen molar-refractivity contribution in [3.05, 3.63) is 69.2 Å². The third-order valence-corrected chi connectivity index (χ3v) is 5.64. The lowest BCUT2D eigenvalue weighted by atomic mass is 9.83. The topological polar surface area (TPSA) is 133 Å². The highest BCUT2D eigenvalue weighted by atomic mass is 79.9. The van der Waals surface area contributed by atoms with Crippen molar-refractivity contribution >= 4 is 39.4 Å². The number of Topliss-reactive ketones (excluding diaryl/α,β-unsaturated/α-hetero) is 1. The summed E-state index contributed by atoms with van der Waals surface area (Å²) in [6, 6.07) is 12.5. The Balaban J connectivity index is 2.11. The minimum absolute atomic E-state index is 0.00298. The molecule has 0 radical (unpaired) electrons. The highest BCUT2D eigenvalue weighted by Crippen LogP contribution is 2.32. The van der Waals surface area contributed by atoms with Crippen molar-refractivity contribution in [3.63, 3.8) is 0 Å². The normalized spacial score (nSPS) is 12.1. The average Bonchev–Trinajstić information content (AvgIpc) is 2.69. The lowest BCUT2D eigenvalue weighted by molar-refractivity contribution is -0.137. The summed E-state index contributed by atoms with van der Waals surface area (Å²) in [6.45, 7) is 6.00. The van der Waals surface area contributed by atoms with Gasteiger partial charge < -0.3 is 16.2 Å². The van der Waals surface area contributed by atoms with Crippen LogP contribution in [0.5, 0.6) is 0 Å². The van der Waals surface area contributed by atoms with Crippen LogP contribution in [0.15, 0.2) is 46.9 Å². The van der Waals surface area contributed by atoms with Crippen LogP contribution in [0, 0.1) is 5.41 Å². The number of carboxylic acid groups (broad SMARTS) is 1. The SMILES string of the molecule is CC(C)(C)c1cc(Br)cc([C@H](CC(=O)O)CC(=O)CNC(=O)c2cccc(CC(=N)N)c2)c1. The Morgan fingerprint density at radius 3 is 2.42 bits per heavy atom. The van der Waals surface area contributed by atoms with Crippen LogP contribution < -0.4 is 11.1 Å². The molecule has 0 bridgehead atoms. The minimum atomic E-state index is -0.989. The molecule has 0 spiro atoms. The van der Waals surface area contributed by atoms with E-state index in [-0.39, 0.29) is 42.8 Å². The number of hydrogen-bond acceptors (Lipinski definition) is 4. The number of carbonyl (C=O) groups is 3.